The van der Waals surface area contributed by atoms with Crippen molar-refractivity contribution in [3.05, 3.63) is 10.7 Å². The molecule has 4 nitrogen and oxygen atoms in total. The predicted molar refractivity (Wildman–Crippen MR) is 92.2 cm³/mol. The number of hydrogen-bond donors (Lipinski definition) is 0. The molecule has 2 fully saturated rings. The van der Waals surface area contributed by atoms with Gasteiger partial charge in [0.2, 0.25) is 0 Å². The topological polar surface area (TPSA) is 32.3 Å². The van der Waals surface area contributed by atoms with Crippen LogP contribution in [0, 0.1) is 0 Å². The van der Waals surface area contributed by atoms with Crippen LogP contribution in [-0.4, -0.2) is 53.3 Å². The molecule has 0 saturated carbocycles. The van der Waals surface area contributed by atoms with Crippen LogP contribution in [0.15, 0.2) is 15.8 Å². The molecule has 0 radical (unpaired) electrons. The molecule has 0 aliphatic carbocycles. The summed E-state index contributed by atoms with van der Waals surface area (Å²) in [7, 11) is 0. The minimum atomic E-state index is 0.780. The summed E-state index contributed by atoms with van der Waals surface area (Å²) < 4.78 is 1.01. The predicted octanol–water partition coefficient (Wildman–Crippen LogP) is 3.42. The Morgan fingerprint density at radius 3 is 2.52 bits per heavy atom. The maximum atomic E-state index is 4.67. The number of rotatable bonds is 3. The zero-order valence-corrected chi connectivity index (χ0v) is 15.0. The van der Waals surface area contributed by atoms with E-state index < -0.39 is 0 Å². The summed E-state index contributed by atoms with van der Waals surface area (Å²) in [6.45, 7) is 4.81. The molecule has 1 aromatic heterocycles. The zero-order chi connectivity index (χ0) is 14.7. The smallest absolute Gasteiger partial charge is 0.189 e. The second-order valence-electron chi connectivity index (χ2n) is 5.84. The summed E-state index contributed by atoms with van der Waals surface area (Å²) in [6, 6.07) is 0.780. The van der Waals surface area contributed by atoms with Crippen molar-refractivity contribution in [2.24, 2.45) is 0 Å². The van der Waals surface area contributed by atoms with Crippen molar-refractivity contribution in [3.8, 4) is 0 Å². The first-order valence-electron chi connectivity index (χ1n) is 7.83. The van der Waals surface area contributed by atoms with Gasteiger partial charge in [-0.2, -0.15) is 0 Å². The van der Waals surface area contributed by atoms with Gasteiger partial charge in [0.1, 0.15) is 5.82 Å². The number of hydrogen-bond acceptors (Lipinski definition) is 5. The minimum Gasteiger partial charge on any atom is -0.355 e. The van der Waals surface area contributed by atoms with Crippen molar-refractivity contribution in [1.29, 1.82) is 0 Å². The average molecular weight is 371 g/mol. The molecule has 0 atom stereocenters. The minimum absolute atomic E-state index is 0.780. The number of anilines is 1. The van der Waals surface area contributed by atoms with E-state index in [4.69, 9.17) is 0 Å². The van der Waals surface area contributed by atoms with Crippen LogP contribution in [0.4, 0.5) is 5.82 Å². The van der Waals surface area contributed by atoms with E-state index in [2.05, 4.69) is 35.7 Å². The van der Waals surface area contributed by atoms with Crippen LogP contribution in [0.5, 0.6) is 0 Å². The van der Waals surface area contributed by atoms with E-state index >= 15 is 0 Å². The van der Waals surface area contributed by atoms with Gasteiger partial charge in [0, 0.05) is 25.3 Å². The summed E-state index contributed by atoms with van der Waals surface area (Å²) in [5, 5.41) is 0.853. The van der Waals surface area contributed by atoms with E-state index in [1.807, 2.05) is 12.5 Å². The largest absolute Gasteiger partial charge is 0.355 e. The third-order valence-corrected chi connectivity index (χ3v) is 5.68. The molecule has 2 aliphatic rings. The Labute approximate surface area is 139 Å². The first-order valence-corrected chi connectivity index (χ1v) is 9.85. The fourth-order valence-electron chi connectivity index (χ4n) is 3.39. The summed E-state index contributed by atoms with van der Waals surface area (Å²) in [5.74, 6) is 1.06. The number of halogens is 1. The van der Waals surface area contributed by atoms with Gasteiger partial charge < -0.3 is 9.80 Å². The highest BCUT2D eigenvalue weighted by molar-refractivity contribution is 9.10. The van der Waals surface area contributed by atoms with Crippen molar-refractivity contribution in [3.63, 3.8) is 0 Å². The molecule has 0 aromatic carbocycles. The number of piperidine rings is 2. The van der Waals surface area contributed by atoms with E-state index in [9.17, 15) is 0 Å². The van der Waals surface area contributed by atoms with Gasteiger partial charge in [-0.15, -0.1) is 0 Å². The molecule has 3 heterocycles. The van der Waals surface area contributed by atoms with Crippen molar-refractivity contribution >= 4 is 33.5 Å². The average Bonchev–Trinajstić information content (AvgIpc) is 2.56. The van der Waals surface area contributed by atoms with Crippen LogP contribution in [0.25, 0.3) is 0 Å². The van der Waals surface area contributed by atoms with Crippen LogP contribution < -0.4 is 4.90 Å². The Hall–Kier alpha value is -0.330. The maximum Gasteiger partial charge on any atom is 0.189 e. The van der Waals surface area contributed by atoms with Gasteiger partial charge in [-0.1, -0.05) is 18.2 Å². The molecule has 0 spiro atoms. The first-order chi connectivity index (χ1) is 10.3. The van der Waals surface area contributed by atoms with Crippen LogP contribution in [0.3, 0.4) is 0 Å². The van der Waals surface area contributed by atoms with Gasteiger partial charge in [-0.05, 0) is 61.0 Å². The van der Waals surface area contributed by atoms with Crippen LogP contribution in [0.2, 0.25) is 0 Å². The fraction of sp³-hybridized carbons (Fsp3) is 0.733. The summed E-state index contributed by atoms with van der Waals surface area (Å²) in [5.41, 5.74) is 0. The lowest BCUT2D eigenvalue weighted by Gasteiger charge is -2.40. The van der Waals surface area contributed by atoms with Crippen molar-refractivity contribution in [2.75, 3.05) is 37.3 Å². The summed E-state index contributed by atoms with van der Waals surface area (Å²) in [4.78, 5) is 14.1. The van der Waals surface area contributed by atoms with Gasteiger partial charge in [-0.3, -0.25) is 0 Å². The second-order valence-corrected chi connectivity index (χ2v) is 7.47. The molecule has 0 bridgehead atoms. The van der Waals surface area contributed by atoms with Gasteiger partial charge in [0.05, 0.1) is 4.47 Å². The van der Waals surface area contributed by atoms with Gasteiger partial charge in [0.25, 0.3) is 0 Å². The van der Waals surface area contributed by atoms with Crippen molar-refractivity contribution in [2.45, 2.75) is 43.3 Å². The van der Waals surface area contributed by atoms with E-state index in [1.165, 1.54) is 45.2 Å². The van der Waals surface area contributed by atoms with E-state index in [0.29, 0.717) is 0 Å². The molecular weight excluding hydrogens is 348 g/mol. The molecule has 1 aromatic rings. The van der Waals surface area contributed by atoms with Crippen LogP contribution in [0.1, 0.15) is 32.1 Å². The highest BCUT2D eigenvalue weighted by atomic mass is 79.9. The lowest BCUT2D eigenvalue weighted by molar-refractivity contribution is 0.141. The van der Waals surface area contributed by atoms with Crippen LogP contribution >= 0.6 is 27.7 Å². The number of nitrogens with zero attached hydrogens (tertiary/aromatic N) is 4. The molecule has 2 aliphatic heterocycles. The van der Waals surface area contributed by atoms with Gasteiger partial charge in [0.15, 0.2) is 5.16 Å². The summed E-state index contributed by atoms with van der Waals surface area (Å²) >= 11 is 5.20. The Morgan fingerprint density at radius 1 is 1.14 bits per heavy atom. The van der Waals surface area contributed by atoms with E-state index in [-0.39, 0.29) is 0 Å². The highest BCUT2D eigenvalue weighted by Crippen LogP contribution is 2.29. The third-order valence-electron chi connectivity index (χ3n) is 4.56. The summed E-state index contributed by atoms with van der Waals surface area (Å²) in [6.07, 6.45) is 10.6. The Bertz CT molecular complexity index is 471. The van der Waals surface area contributed by atoms with E-state index in [1.54, 1.807) is 11.8 Å². The molecule has 0 N–H and O–H groups in total. The lowest BCUT2D eigenvalue weighted by atomic mass is 10.00. The standard InChI is InChI=1S/C15H23BrN4S/c1-21-15-17-11-13(16)14(18-15)20-9-5-12(6-10-20)19-7-3-2-4-8-19/h11-12H,2-10H2,1H3. The molecule has 0 unspecified atom stereocenters. The second kappa shape index (κ2) is 7.29. The number of aromatic nitrogens is 2. The quantitative estimate of drug-likeness (QED) is 0.601. The lowest BCUT2D eigenvalue weighted by Crippen LogP contribution is -2.47. The Morgan fingerprint density at radius 2 is 1.86 bits per heavy atom. The number of likely N-dealkylation sites (tertiary alicyclic amines) is 1. The zero-order valence-electron chi connectivity index (χ0n) is 12.6. The fourth-order valence-corrected chi connectivity index (χ4v) is 4.17. The molecule has 3 rings (SSSR count). The van der Waals surface area contributed by atoms with Crippen LogP contribution in [-0.2, 0) is 0 Å². The molecule has 116 valence electrons. The van der Waals surface area contributed by atoms with Gasteiger partial charge in [-0.25, -0.2) is 9.97 Å². The molecule has 2 saturated heterocycles. The molecular formula is C15H23BrN4S. The maximum absolute atomic E-state index is 4.67. The van der Waals surface area contributed by atoms with Crippen molar-refractivity contribution in [1.82, 2.24) is 14.9 Å². The normalized spacial score (nSPS) is 21.7. The SMILES string of the molecule is CSc1ncc(Br)c(N2CCC(N3CCCCC3)CC2)n1. The third kappa shape index (κ3) is 3.71. The Kier molecular flexibility index (Phi) is 5.40. The van der Waals surface area contributed by atoms with Gasteiger partial charge >= 0.3 is 0 Å². The molecule has 6 heteroatoms. The monoisotopic (exact) mass is 370 g/mol. The van der Waals surface area contributed by atoms with Crippen molar-refractivity contribution < 1.29 is 0 Å². The van der Waals surface area contributed by atoms with E-state index in [0.717, 1.165) is 34.6 Å². The molecule has 0 amide bonds. The number of thioether (sulfide) groups is 1. The first kappa shape index (κ1) is 15.6. The Balaban J connectivity index is 1.62. The molecule has 21 heavy (non-hydrogen) atoms. The highest BCUT2D eigenvalue weighted by Gasteiger charge is 2.27.